The van der Waals surface area contributed by atoms with Crippen LogP contribution in [0.1, 0.15) is 24.0 Å². The lowest BCUT2D eigenvalue weighted by molar-refractivity contribution is 0.610. The zero-order valence-corrected chi connectivity index (χ0v) is 8.65. The van der Waals surface area contributed by atoms with Crippen molar-refractivity contribution in [1.82, 2.24) is 0 Å². The van der Waals surface area contributed by atoms with Gasteiger partial charge in [0.15, 0.2) is 0 Å². The standard InChI is InChI=1S/C12H12ClF/c13-7-8-6-12(8)5-4-9-10(12)2-1-3-11(9)14/h1-3,8H,4-7H2. The van der Waals surface area contributed by atoms with Crippen LogP contribution in [0.5, 0.6) is 0 Å². The highest BCUT2D eigenvalue weighted by molar-refractivity contribution is 6.18. The van der Waals surface area contributed by atoms with Crippen LogP contribution in [0.4, 0.5) is 4.39 Å². The molecule has 2 aliphatic rings. The third-order valence-electron chi connectivity index (χ3n) is 3.89. The maximum atomic E-state index is 13.5. The number of hydrogen-bond donors (Lipinski definition) is 0. The average Bonchev–Trinajstić information content (AvgIpc) is 2.77. The van der Waals surface area contributed by atoms with E-state index >= 15 is 0 Å². The molecule has 2 unspecified atom stereocenters. The molecule has 1 spiro atoms. The molecule has 0 amide bonds. The Labute approximate surface area is 88.1 Å². The van der Waals surface area contributed by atoms with Crippen molar-refractivity contribution in [2.45, 2.75) is 24.7 Å². The summed E-state index contributed by atoms with van der Waals surface area (Å²) >= 11 is 5.88. The van der Waals surface area contributed by atoms with Gasteiger partial charge in [-0.25, -0.2) is 4.39 Å². The van der Waals surface area contributed by atoms with E-state index in [9.17, 15) is 4.39 Å². The van der Waals surface area contributed by atoms with Crippen LogP contribution in [0, 0.1) is 11.7 Å². The van der Waals surface area contributed by atoms with E-state index in [-0.39, 0.29) is 11.2 Å². The normalized spacial score (nSPS) is 33.4. The molecule has 14 heavy (non-hydrogen) atoms. The molecule has 0 aliphatic heterocycles. The fourth-order valence-corrected chi connectivity index (χ4v) is 3.39. The summed E-state index contributed by atoms with van der Waals surface area (Å²) in [4.78, 5) is 0. The second kappa shape index (κ2) is 2.73. The minimum Gasteiger partial charge on any atom is -0.207 e. The van der Waals surface area contributed by atoms with Gasteiger partial charge in [0.05, 0.1) is 0 Å². The van der Waals surface area contributed by atoms with Gasteiger partial charge < -0.3 is 0 Å². The van der Waals surface area contributed by atoms with Gasteiger partial charge in [-0.1, -0.05) is 12.1 Å². The molecule has 2 aliphatic carbocycles. The Morgan fingerprint density at radius 3 is 3.07 bits per heavy atom. The van der Waals surface area contributed by atoms with E-state index in [0.717, 1.165) is 30.7 Å². The third-order valence-corrected chi connectivity index (χ3v) is 4.27. The highest BCUT2D eigenvalue weighted by atomic mass is 35.5. The van der Waals surface area contributed by atoms with Gasteiger partial charge >= 0.3 is 0 Å². The minimum atomic E-state index is -0.0282. The van der Waals surface area contributed by atoms with Gasteiger partial charge in [-0.15, -0.1) is 11.6 Å². The van der Waals surface area contributed by atoms with Crippen LogP contribution in [0.3, 0.4) is 0 Å². The van der Waals surface area contributed by atoms with Crippen molar-refractivity contribution in [1.29, 1.82) is 0 Å². The van der Waals surface area contributed by atoms with Crippen molar-refractivity contribution >= 4 is 11.6 Å². The molecule has 1 fully saturated rings. The number of fused-ring (bicyclic) bond motifs is 2. The van der Waals surface area contributed by atoms with E-state index in [1.54, 1.807) is 6.07 Å². The smallest absolute Gasteiger partial charge is 0.126 e. The maximum Gasteiger partial charge on any atom is 0.126 e. The molecule has 0 nitrogen and oxygen atoms in total. The first-order chi connectivity index (χ1) is 6.78. The summed E-state index contributed by atoms with van der Waals surface area (Å²) < 4.78 is 13.5. The van der Waals surface area contributed by atoms with Crippen molar-refractivity contribution < 1.29 is 4.39 Å². The summed E-state index contributed by atoms with van der Waals surface area (Å²) in [5, 5.41) is 0. The fourth-order valence-electron chi connectivity index (χ4n) is 2.98. The zero-order chi connectivity index (χ0) is 9.76. The molecule has 2 atom stereocenters. The molecule has 0 N–H and O–H groups in total. The van der Waals surface area contributed by atoms with Gasteiger partial charge in [-0.05, 0) is 42.4 Å². The van der Waals surface area contributed by atoms with E-state index in [1.807, 2.05) is 6.07 Å². The quantitative estimate of drug-likeness (QED) is 0.625. The lowest BCUT2D eigenvalue weighted by Gasteiger charge is -2.09. The maximum absolute atomic E-state index is 13.5. The average molecular weight is 211 g/mol. The SMILES string of the molecule is Fc1cccc2c1CCC21CC1CCl. The first-order valence-corrected chi connectivity index (χ1v) is 5.65. The van der Waals surface area contributed by atoms with E-state index in [0.29, 0.717) is 5.92 Å². The largest absolute Gasteiger partial charge is 0.207 e. The summed E-state index contributed by atoms with van der Waals surface area (Å²) in [5.74, 6) is 1.28. The van der Waals surface area contributed by atoms with Gasteiger partial charge in [0.25, 0.3) is 0 Å². The summed E-state index contributed by atoms with van der Waals surface area (Å²) in [6.07, 6.45) is 3.16. The van der Waals surface area contributed by atoms with Crippen LogP contribution in [0.2, 0.25) is 0 Å². The molecule has 74 valence electrons. The second-order valence-electron chi connectivity index (χ2n) is 4.48. The van der Waals surface area contributed by atoms with Crippen molar-refractivity contribution in [3.8, 4) is 0 Å². The molecular weight excluding hydrogens is 199 g/mol. The van der Waals surface area contributed by atoms with Crippen LogP contribution < -0.4 is 0 Å². The van der Waals surface area contributed by atoms with E-state index < -0.39 is 0 Å². The lowest BCUT2D eigenvalue weighted by Crippen LogP contribution is -2.05. The Morgan fingerprint density at radius 2 is 2.36 bits per heavy atom. The van der Waals surface area contributed by atoms with Crippen LogP contribution >= 0.6 is 11.6 Å². The molecule has 1 saturated carbocycles. The molecule has 3 rings (SSSR count). The summed E-state index contributed by atoms with van der Waals surface area (Å²) in [6, 6.07) is 5.47. The van der Waals surface area contributed by atoms with E-state index in [2.05, 4.69) is 6.07 Å². The van der Waals surface area contributed by atoms with Crippen molar-refractivity contribution in [3.63, 3.8) is 0 Å². The summed E-state index contributed by atoms with van der Waals surface area (Å²) in [5.41, 5.74) is 2.45. The topological polar surface area (TPSA) is 0 Å². The van der Waals surface area contributed by atoms with Gasteiger partial charge in [0.2, 0.25) is 0 Å². The number of halogens is 2. The second-order valence-corrected chi connectivity index (χ2v) is 4.79. The van der Waals surface area contributed by atoms with Gasteiger partial charge in [0, 0.05) is 11.3 Å². The molecule has 0 heterocycles. The molecule has 2 heteroatoms. The van der Waals surface area contributed by atoms with Crippen LogP contribution in [0.15, 0.2) is 18.2 Å². The number of hydrogen-bond acceptors (Lipinski definition) is 0. The monoisotopic (exact) mass is 210 g/mol. The van der Waals surface area contributed by atoms with E-state index in [1.165, 1.54) is 5.56 Å². The molecule has 1 aromatic carbocycles. The zero-order valence-electron chi connectivity index (χ0n) is 7.89. The molecular formula is C12H12ClF. The first kappa shape index (κ1) is 8.72. The van der Waals surface area contributed by atoms with Crippen molar-refractivity contribution in [3.05, 3.63) is 35.1 Å². The number of rotatable bonds is 1. The van der Waals surface area contributed by atoms with Crippen LogP contribution in [0.25, 0.3) is 0 Å². The Hall–Kier alpha value is -0.560. The Morgan fingerprint density at radius 1 is 1.50 bits per heavy atom. The summed E-state index contributed by atoms with van der Waals surface area (Å²) in [6.45, 7) is 0. The molecule has 0 saturated heterocycles. The van der Waals surface area contributed by atoms with Crippen molar-refractivity contribution in [2.24, 2.45) is 5.92 Å². The van der Waals surface area contributed by atoms with Gasteiger partial charge in [-0.3, -0.25) is 0 Å². The predicted octanol–water partition coefficient (Wildman–Crippen LogP) is 3.27. The molecule has 0 aromatic heterocycles. The highest BCUT2D eigenvalue weighted by Gasteiger charge is 2.57. The third kappa shape index (κ3) is 0.939. The predicted molar refractivity (Wildman–Crippen MR) is 55.2 cm³/mol. The summed E-state index contributed by atoms with van der Waals surface area (Å²) in [7, 11) is 0. The van der Waals surface area contributed by atoms with Gasteiger partial charge in [-0.2, -0.15) is 0 Å². The first-order valence-electron chi connectivity index (χ1n) is 5.12. The van der Waals surface area contributed by atoms with Gasteiger partial charge in [0.1, 0.15) is 5.82 Å². The molecule has 0 radical (unpaired) electrons. The lowest BCUT2D eigenvalue weighted by atomic mass is 9.96. The molecule has 1 aromatic rings. The Balaban J connectivity index is 2.08. The number of benzene rings is 1. The highest BCUT2D eigenvalue weighted by Crippen LogP contribution is 2.61. The fraction of sp³-hybridized carbons (Fsp3) is 0.500. The number of alkyl halides is 1. The van der Waals surface area contributed by atoms with Crippen LogP contribution in [-0.2, 0) is 11.8 Å². The minimum absolute atomic E-state index is 0.0282. The Bertz CT molecular complexity index is 388. The van der Waals surface area contributed by atoms with Crippen molar-refractivity contribution in [2.75, 3.05) is 5.88 Å². The van der Waals surface area contributed by atoms with E-state index in [4.69, 9.17) is 11.6 Å². The van der Waals surface area contributed by atoms with Crippen LogP contribution in [-0.4, -0.2) is 5.88 Å². The Kier molecular flexibility index (Phi) is 1.70. The molecule has 0 bridgehead atoms.